The molecule has 0 spiro atoms. The molecule has 2 atom stereocenters. The molecule has 0 radical (unpaired) electrons. The monoisotopic (exact) mass is 282 g/mol. The van der Waals surface area contributed by atoms with Crippen LogP contribution < -0.4 is 5.32 Å². The summed E-state index contributed by atoms with van der Waals surface area (Å²) in [7, 11) is 1.53. The third-order valence-electron chi connectivity index (χ3n) is 3.16. The van der Waals surface area contributed by atoms with Gasteiger partial charge in [0.2, 0.25) is 5.91 Å². The first-order valence-corrected chi connectivity index (χ1v) is 6.40. The summed E-state index contributed by atoms with van der Waals surface area (Å²) in [4.78, 5) is 13.2. The van der Waals surface area contributed by atoms with Crippen LogP contribution in [0.3, 0.4) is 0 Å². The molecule has 1 heterocycles. The van der Waals surface area contributed by atoms with Crippen molar-refractivity contribution in [3.8, 4) is 0 Å². The zero-order valence-corrected chi connectivity index (χ0v) is 11.3. The van der Waals surface area contributed by atoms with E-state index in [1.165, 1.54) is 7.11 Å². The Morgan fingerprint density at radius 1 is 1.53 bits per heavy atom. The predicted molar refractivity (Wildman–Crippen MR) is 64.7 cm³/mol. The van der Waals surface area contributed by atoms with Crippen molar-refractivity contribution in [3.05, 3.63) is 0 Å². The summed E-state index contributed by atoms with van der Waals surface area (Å²) in [5, 5.41) is 2.69. The van der Waals surface area contributed by atoms with E-state index in [1.54, 1.807) is 11.8 Å². The van der Waals surface area contributed by atoms with Crippen molar-refractivity contribution in [1.82, 2.24) is 10.2 Å². The molecule has 1 fully saturated rings. The Labute approximate surface area is 111 Å². The van der Waals surface area contributed by atoms with E-state index in [0.29, 0.717) is 19.6 Å². The lowest BCUT2D eigenvalue weighted by atomic mass is 9.97. The molecule has 1 aliphatic heterocycles. The molecule has 0 aliphatic carbocycles. The molecule has 19 heavy (non-hydrogen) atoms. The standard InChI is InChI=1S/C12H21F3N2O2/c1-9(8-19-2)16-11(18)7-17-5-3-4-10(6-17)12(13,14)15/h9-10H,3-8H2,1-2H3,(H,16,18). The summed E-state index contributed by atoms with van der Waals surface area (Å²) < 4.78 is 42.7. The molecule has 1 amide bonds. The van der Waals surface area contributed by atoms with Crippen LogP contribution in [0.2, 0.25) is 0 Å². The summed E-state index contributed by atoms with van der Waals surface area (Å²) in [5.74, 6) is -1.57. The van der Waals surface area contributed by atoms with Gasteiger partial charge in [-0.05, 0) is 26.3 Å². The Morgan fingerprint density at radius 3 is 2.79 bits per heavy atom. The van der Waals surface area contributed by atoms with E-state index in [2.05, 4.69) is 5.32 Å². The van der Waals surface area contributed by atoms with Crippen molar-refractivity contribution in [2.45, 2.75) is 32.0 Å². The summed E-state index contributed by atoms with van der Waals surface area (Å²) in [6, 6.07) is -0.138. The van der Waals surface area contributed by atoms with Crippen molar-refractivity contribution >= 4 is 5.91 Å². The normalized spacial score (nSPS) is 23.1. The van der Waals surface area contributed by atoms with Crippen molar-refractivity contribution < 1.29 is 22.7 Å². The van der Waals surface area contributed by atoms with Gasteiger partial charge in [-0.1, -0.05) is 0 Å². The maximum Gasteiger partial charge on any atom is 0.393 e. The van der Waals surface area contributed by atoms with Gasteiger partial charge in [-0.15, -0.1) is 0 Å². The van der Waals surface area contributed by atoms with Crippen LogP contribution >= 0.6 is 0 Å². The molecule has 4 nitrogen and oxygen atoms in total. The lowest BCUT2D eigenvalue weighted by Crippen LogP contribution is -2.47. The van der Waals surface area contributed by atoms with E-state index in [-0.39, 0.29) is 31.5 Å². The Balaban J connectivity index is 2.38. The fraction of sp³-hybridized carbons (Fsp3) is 0.917. The molecule has 1 saturated heterocycles. The Bertz CT molecular complexity index is 297. The molecular formula is C12H21F3N2O2. The topological polar surface area (TPSA) is 41.6 Å². The van der Waals surface area contributed by atoms with Crippen molar-refractivity contribution in [2.24, 2.45) is 5.92 Å². The molecule has 0 saturated carbocycles. The van der Waals surface area contributed by atoms with Gasteiger partial charge in [0, 0.05) is 19.7 Å². The summed E-state index contributed by atoms with van der Waals surface area (Å²) in [5.41, 5.74) is 0. The van der Waals surface area contributed by atoms with Crippen LogP contribution in [0.4, 0.5) is 13.2 Å². The van der Waals surface area contributed by atoms with Crippen LogP contribution in [-0.2, 0) is 9.53 Å². The smallest absolute Gasteiger partial charge is 0.383 e. The molecule has 1 N–H and O–H groups in total. The van der Waals surface area contributed by atoms with Crippen LogP contribution in [0.5, 0.6) is 0 Å². The molecule has 2 unspecified atom stereocenters. The Kier molecular flexibility index (Phi) is 6.06. The number of alkyl halides is 3. The molecule has 0 bridgehead atoms. The summed E-state index contributed by atoms with van der Waals surface area (Å²) >= 11 is 0. The molecular weight excluding hydrogens is 261 g/mol. The molecule has 1 aliphatic rings. The van der Waals surface area contributed by atoms with Gasteiger partial charge in [0.1, 0.15) is 0 Å². The summed E-state index contributed by atoms with van der Waals surface area (Å²) in [6.07, 6.45) is -3.54. The third-order valence-corrected chi connectivity index (χ3v) is 3.16. The number of nitrogens with zero attached hydrogens (tertiary/aromatic N) is 1. The number of carbonyl (C=O) groups is 1. The second kappa shape index (κ2) is 7.09. The molecule has 112 valence electrons. The van der Waals surface area contributed by atoms with Gasteiger partial charge in [0.15, 0.2) is 0 Å². The second-order valence-corrected chi connectivity index (χ2v) is 5.04. The maximum absolute atomic E-state index is 12.6. The first-order chi connectivity index (χ1) is 8.82. The van der Waals surface area contributed by atoms with E-state index >= 15 is 0 Å². The van der Waals surface area contributed by atoms with Crippen LogP contribution in [-0.4, -0.2) is 56.4 Å². The minimum atomic E-state index is -4.17. The number of hydrogen-bond donors (Lipinski definition) is 1. The fourth-order valence-corrected chi connectivity index (χ4v) is 2.28. The quantitative estimate of drug-likeness (QED) is 0.829. The van der Waals surface area contributed by atoms with Gasteiger partial charge in [-0.2, -0.15) is 13.2 Å². The van der Waals surface area contributed by atoms with Gasteiger partial charge >= 0.3 is 6.18 Å². The average molecular weight is 282 g/mol. The van der Waals surface area contributed by atoms with Gasteiger partial charge in [-0.3, -0.25) is 9.69 Å². The number of piperidine rings is 1. The highest BCUT2D eigenvalue weighted by molar-refractivity contribution is 5.78. The van der Waals surface area contributed by atoms with Crippen LogP contribution in [0.25, 0.3) is 0 Å². The molecule has 1 rings (SSSR count). The predicted octanol–water partition coefficient (Wildman–Crippen LogP) is 1.41. The first-order valence-electron chi connectivity index (χ1n) is 6.40. The van der Waals surface area contributed by atoms with E-state index < -0.39 is 12.1 Å². The maximum atomic E-state index is 12.6. The minimum absolute atomic E-state index is 0.0145. The molecule has 0 aromatic heterocycles. The number of amides is 1. The van der Waals surface area contributed by atoms with E-state index in [4.69, 9.17) is 4.74 Å². The fourth-order valence-electron chi connectivity index (χ4n) is 2.28. The number of hydrogen-bond acceptors (Lipinski definition) is 3. The second-order valence-electron chi connectivity index (χ2n) is 5.04. The molecule has 7 heteroatoms. The van der Waals surface area contributed by atoms with E-state index in [9.17, 15) is 18.0 Å². The van der Waals surface area contributed by atoms with Crippen LogP contribution in [0.15, 0.2) is 0 Å². The minimum Gasteiger partial charge on any atom is -0.383 e. The average Bonchev–Trinajstić information content (AvgIpc) is 2.28. The zero-order valence-electron chi connectivity index (χ0n) is 11.3. The molecule has 0 aromatic rings. The molecule has 0 aromatic carbocycles. The van der Waals surface area contributed by atoms with Crippen molar-refractivity contribution in [1.29, 1.82) is 0 Å². The Morgan fingerprint density at radius 2 is 2.21 bits per heavy atom. The van der Waals surface area contributed by atoms with E-state index in [0.717, 1.165) is 0 Å². The number of likely N-dealkylation sites (tertiary alicyclic amines) is 1. The number of carbonyl (C=O) groups excluding carboxylic acids is 1. The zero-order chi connectivity index (χ0) is 14.5. The first kappa shape index (κ1) is 16.2. The number of methoxy groups -OCH3 is 1. The highest BCUT2D eigenvalue weighted by atomic mass is 19.4. The largest absolute Gasteiger partial charge is 0.393 e. The Hall–Kier alpha value is -0.820. The van der Waals surface area contributed by atoms with Crippen molar-refractivity contribution in [3.63, 3.8) is 0 Å². The van der Waals surface area contributed by atoms with Gasteiger partial charge < -0.3 is 10.1 Å². The van der Waals surface area contributed by atoms with Gasteiger partial charge in [-0.25, -0.2) is 0 Å². The van der Waals surface area contributed by atoms with Crippen molar-refractivity contribution in [2.75, 3.05) is 33.4 Å². The highest BCUT2D eigenvalue weighted by Gasteiger charge is 2.41. The number of nitrogens with one attached hydrogen (secondary N) is 1. The third kappa shape index (κ3) is 5.78. The number of rotatable bonds is 5. The van der Waals surface area contributed by atoms with Gasteiger partial charge in [0.25, 0.3) is 0 Å². The van der Waals surface area contributed by atoms with Crippen LogP contribution in [0.1, 0.15) is 19.8 Å². The summed E-state index contributed by atoms with van der Waals surface area (Å²) in [6.45, 7) is 2.64. The highest BCUT2D eigenvalue weighted by Crippen LogP contribution is 2.32. The SMILES string of the molecule is COCC(C)NC(=O)CN1CCCC(C(F)(F)F)C1. The lowest BCUT2D eigenvalue weighted by molar-refractivity contribution is -0.187. The van der Waals surface area contributed by atoms with E-state index in [1.807, 2.05) is 0 Å². The lowest BCUT2D eigenvalue weighted by Gasteiger charge is -2.33. The van der Waals surface area contributed by atoms with Crippen LogP contribution in [0, 0.1) is 5.92 Å². The van der Waals surface area contributed by atoms with Gasteiger partial charge in [0.05, 0.1) is 19.1 Å². The number of ether oxygens (including phenoxy) is 1. The number of halogens is 3.